The van der Waals surface area contributed by atoms with Crippen molar-refractivity contribution in [3.05, 3.63) is 65.7 Å². The standard InChI is InChI=1S/C19H20O3/c1-14(2)17-6-4-5-7-18(17)22-19(20)13-10-15-8-11-16(21-3)12-9-15/h4-14H,1-3H3. The van der Waals surface area contributed by atoms with Crippen molar-refractivity contribution >= 4 is 12.0 Å². The Labute approximate surface area is 131 Å². The van der Waals surface area contributed by atoms with E-state index >= 15 is 0 Å². The molecule has 0 aromatic heterocycles. The van der Waals surface area contributed by atoms with Crippen molar-refractivity contribution < 1.29 is 14.3 Å². The van der Waals surface area contributed by atoms with Crippen molar-refractivity contribution in [2.24, 2.45) is 0 Å². The van der Waals surface area contributed by atoms with E-state index in [0.717, 1.165) is 16.9 Å². The Balaban J connectivity index is 2.05. The first-order valence-electron chi connectivity index (χ1n) is 7.23. The fourth-order valence-electron chi connectivity index (χ4n) is 2.07. The van der Waals surface area contributed by atoms with Crippen molar-refractivity contribution in [3.8, 4) is 11.5 Å². The number of rotatable bonds is 5. The Kier molecular flexibility index (Phi) is 5.37. The molecule has 0 N–H and O–H groups in total. The second-order valence-electron chi connectivity index (χ2n) is 5.22. The molecular formula is C19H20O3. The van der Waals surface area contributed by atoms with Gasteiger partial charge < -0.3 is 9.47 Å². The van der Waals surface area contributed by atoms with Crippen LogP contribution in [0.15, 0.2) is 54.6 Å². The average Bonchev–Trinajstić information content (AvgIpc) is 2.53. The summed E-state index contributed by atoms with van der Waals surface area (Å²) in [4.78, 5) is 11.9. The summed E-state index contributed by atoms with van der Waals surface area (Å²) in [5.74, 6) is 1.31. The van der Waals surface area contributed by atoms with Crippen LogP contribution in [0.4, 0.5) is 0 Å². The lowest BCUT2D eigenvalue weighted by Crippen LogP contribution is -2.06. The molecule has 22 heavy (non-hydrogen) atoms. The minimum absolute atomic E-state index is 0.301. The Morgan fingerprint density at radius 1 is 1.05 bits per heavy atom. The van der Waals surface area contributed by atoms with E-state index in [9.17, 15) is 4.79 Å². The first kappa shape index (κ1) is 15.8. The zero-order valence-electron chi connectivity index (χ0n) is 13.1. The summed E-state index contributed by atoms with van der Waals surface area (Å²) >= 11 is 0. The molecule has 114 valence electrons. The van der Waals surface area contributed by atoms with E-state index in [1.165, 1.54) is 6.08 Å². The molecule has 0 aliphatic rings. The maximum absolute atomic E-state index is 11.9. The van der Waals surface area contributed by atoms with Crippen LogP contribution in [0.1, 0.15) is 30.9 Å². The number of hydrogen-bond donors (Lipinski definition) is 0. The molecular weight excluding hydrogens is 276 g/mol. The Bertz CT molecular complexity index is 655. The molecule has 0 radical (unpaired) electrons. The van der Waals surface area contributed by atoms with Gasteiger partial charge in [0.05, 0.1) is 7.11 Å². The molecule has 0 spiro atoms. The minimum atomic E-state index is -0.385. The number of hydrogen-bond acceptors (Lipinski definition) is 3. The Hall–Kier alpha value is -2.55. The predicted octanol–water partition coefficient (Wildman–Crippen LogP) is 4.44. The van der Waals surface area contributed by atoms with Gasteiger partial charge in [-0.25, -0.2) is 4.79 Å². The zero-order chi connectivity index (χ0) is 15.9. The summed E-state index contributed by atoms with van der Waals surface area (Å²) in [5.41, 5.74) is 1.93. The quantitative estimate of drug-likeness (QED) is 0.465. The van der Waals surface area contributed by atoms with Gasteiger partial charge in [0.15, 0.2) is 0 Å². The van der Waals surface area contributed by atoms with E-state index < -0.39 is 0 Å². The molecule has 2 rings (SSSR count). The molecule has 0 fully saturated rings. The number of para-hydroxylation sites is 1. The Morgan fingerprint density at radius 2 is 1.73 bits per heavy atom. The van der Waals surface area contributed by atoms with Gasteiger partial charge in [-0.3, -0.25) is 0 Å². The predicted molar refractivity (Wildman–Crippen MR) is 88.2 cm³/mol. The van der Waals surface area contributed by atoms with Crippen LogP contribution in [0.2, 0.25) is 0 Å². The number of methoxy groups -OCH3 is 1. The second kappa shape index (κ2) is 7.46. The van der Waals surface area contributed by atoms with Crippen molar-refractivity contribution in [1.29, 1.82) is 0 Å². The minimum Gasteiger partial charge on any atom is -0.497 e. The SMILES string of the molecule is COc1ccc(C=CC(=O)Oc2ccccc2C(C)C)cc1. The highest BCUT2D eigenvalue weighted by Gasteiger charge is 2.09. The van der Waals surface area contributed by atoms with Crippen molar-refractivity contribution in [2.45, 2.75) is 19.8 Å². The lowest BCUT2D eigenvalue weighted by Gasteiger charge is -2.11. The monoisotopic (exact) mass is 296 g/mol. The molecule has 2 aromatic rings. The van der Waals surface area contributed by atoms with Gasteiger partial charge in [-0.05, 0) is 41.3 Å². The highest BCUT2D eigenvalue weighted by atomic mass is 16.5. The molecule has 0 amide bonds. The van der Waals surface area contributed by atoms with Crippen LogP contribution in [-0.2, 0) is 4.79 Å². The summed E-state index contributed by atoms with van der Waals surface area (Å²) in [7, 11) is 1.62. The maximum atomic E-state index is 11.9. The summed E-state index contributed by atoms with van der Waals surface area (Å²) in [6.45, 7) is 4.14. The van der Waals surface area contributed by atoms with Crippen LogP contribution in [0, 0.1) is 0 Å². The summed E-state index contributed by atoms with van der Waals surface area (Å²) in [6, 6.07) is 15.0. The van der Waals surface area contributed by atoms with Crippen LogP contribution in [0.3, 0.4) is 0 Å². The third kappa shape index (κ3) is 4.22. The molecule has 3 nitrogen and oxygen atoms in total. The van der Waals surface area contributed by atoms with Gasteiger partial charge in [0, 0.05) is 6.08 Å². The topological polar surface area (TPSA) is 35.5 Å². The number of benzene rings is 2. The first-order valence-corrected chi connectivity index (χ1v) is 7.23. The molecule has 0 bridgehead atoms. The number of carbonyl (C=O) groups excluding carboxylic acids is 1. The van der Waals surface area contributed by atoms with Crippen LogP contribution in [0.25, 0.3) is 6.08 Å². The van der Waals surface area contributed by atoms with E-state index in [1.807, 2.05) is 48.5 Å². The lowest BCUT2D eigenvalue weighted by atomic mass is 10.0. The first-order chi connectivity index (χ1) is 10.6. The second-order valence-corrected chi connectivity index (χ2v) is 5.22. The third-order valence-electron chi connectivity index (χ3n) is 3.28. The maximum Gasteiger partial charge on any atom is 0.336 e. The highest BCUT2D eigenvalue weighted by molar-refractivity contribution is 5.88. The smallest absolute Gasteiger partial charge is 0.336 e. The van der Waals surface area contributed by atoms with E-state index in [0.29, 0.717) is 11.7 Å². The molecule has 0 aliphatic carbocycles. The normalized spacial score (nSPS) is 10.9. The molecule has 0 saturated carbocycles. The van der Waals surface area contributed by atoms with E-state index in [1.54, 1.807) is 13.2 Å². The third-order valence-corrected chi connectivity index (χ3v) is 3.28. The zero-order valence-corrected chi connectivity index (χ0v) is 13.1. The van der Waals surface area contributed by atoms with Gasteiger partial charge >= 0.3 is 5.97 Å². The molecule has 2 aromatic carbocycles. The number of esters is 1. The largest absolute Gasteiger partial charge is 0.497 e. The van der Waals surface area contributed by atoms with Gasteiger partial charge in [-0.1, -0.05) is 44.2 Å². The number of ether oxygens (including phenoxy) is 2. The highest BCUT2D eigenvalue weighted by Crippen LogP contribution is 2.26. The summed E-state index contributed by atoms with van der Waals surface area (Å²) in [5, 5.41) is 0. The van der Waals surface area contributed by atoms with Crippen LogP contribution in [0.5, 0.6) is 11.5 Å². The molecule has 0 heterocycles. The van der Waals surface area contributed by atoms with E-state index in [-0.39, 0.29) is 5.97 Å². The van der Waals surface area contributed by atoms with Crippen LogP contribution >= 0.6 is 0 Å². The lowest BCUT2D eigenvalue weighted by molar-refractivity contribution is -0.128. The molecule has 0 atom stereocenters. The van der Waals surface area contributed by atoms with Gasteiger partial charge in [-0.2, -0.15) is 0 Å². The van der Waals surface area contributed by atoms with Crippen molar-refractivity contribution in [1.82, 2.24) is 0 Å². The van der Waals surface area contributed by atoms with E-state index in [4.69, 9.17) is 9.47 Å². The van der Waals surface area contributed by atoms with Gasteiger partial charge in [0.2, 0.25) is 0 Å². The molecule has 0 saturated heterocycles. The fourth-order valence-corrected chi connectivity index (χ4v) is 2.07. The summed E-state index contributed by atoms with van der Waals surface area (Å²) in [6.07, 6.45) is 3.15. The van der Waals surface area contributed by atoms with Gasteiger partial charge in [0.25, 0.3) is 0 Å². The van der Waals surface area contributed by atoms with Crippen LogP contribution in [-0.4, -0.2) is 13.1 Å². The van der Waals surface area contributed by atoms with Gasteiger partial charge in [-0.15, -0.1) is 0 Å². The van der Waals surface area contributed by atoms with Crippen LogP contribution < -0.4 is 9.47 Å². The molecule has 0 unspecified atom stereocenters. The average molecular weight is 296 g/mol. The number of carbonyl (C=O) groups is 1. The van der Waals surface area contributed by atoms with E-state index in [2.05, 4.69) is 13.8 Å². The summed E-state index contributed by atoms with van der Waals surface area (Å²) < 4.78 is 10.5. The van der Waals surface area contributed by atoms with Crippen molar-refractivity contribution in [3.63, 3.8) is 0 Å². The Morgan fingerprint density at radius 3 is 2.36 bits per heavy atom. The van der Waals surface area contributed by atoms with Crippen molar-refractivity contribution in [2.75, 3.05) is 7.11 Å². The fraction of sp³-hybridized carbons (Fsp3) is 0.211. The molecule has 3 heteroatoms. The van der Waals surface area contributed by atoms with Gasteiger partial charge in [0.1, 0.15) is 11.5 Å². The molecule has 0 aliphatic heterocycles.